The summed E-state index contributed by atoms with van der Waals surface area (Å²) in [6.45, 7) is 1.66. The molecule has 0 atom stereocenters. The number of hydrogen-bond donors (Lipinski definition) is 1. The van der Waals surface area contributed by atoms with Crippen LogP contribution in [0, 0.1) is 0 Å². The average Bonchev–Trinajstić information content (AvgIpc) is 3.15. The van der Waals surface area contributed by atoms with Crippen LogP contribution in [-0.2, 0) is 13.1 Å². The lowest BCUT2D eigenvalue weighted by Gasteiger charge is -2.22. The van der Waals surface area contributed by atoms with Gasteiger partial charge in [0.15, 0.2) is 0 Å². The second-order valence-electron chi connectivity index (χ2n) is 4.99. The Morgan fingerprint density at radius 1 is 1.37 bits per heavy atom. The number of rotatable bonds is 6. The molecule has 2 aromatic heterocycles. The molecule has 0 radical (unpaired) electrons. The van der Waals surface area contributed by atoms with Crippen molar-refractivity contribution in [3.05, 3.63) is 48.0 Å². The highest BCUT2D eigenvalue weighted by atomic mass is 16.3. The molecular weight excluding hydrogens is 238 g/mol. The monoisotopic (exact) mass is 257 g/mol. The van der Waals surface area contributed by atoms with Crippen LogP contribution in [0.2, 0.25) is 0 Å². The highest BCUT2D eigenvalue weighted by Crippen LogP contribution is 2.32. The number of furan rings is 1. The first-order chi connectivity index (χ1) is 9.36. The molecule has 3 rings (SSSR count). The zero-order chi connectivity index (χ0) is 13.1. The summed E-state index contributed by atoms with van der Waals surface area (Å²) in [6.07, 6.45) is 6.18. The van der Waals surface area contributed by atoms with Gasteiger partial charge in [-0.1, -0.05) is 6.07 Å². The number of pyridine rings is 1. The predicted molar refractivity (Wildman–Crippen MR) is 74.9 cm³/mol. The minimum atomic E-state index is 0.618. The van der Waals surface area contributed by atoms with Crippen molar-refractivity contribution in [1.29, 1.82) is 0 Å². The smallest absolute Gasteiger partial charge is 0.129 e. The minimum Gasteiger partial charge on any atom is -0.467 e. The van der Waals surface area contributed by atoms with Crippen molar-refractivity contribution in [1.82, 2.24) is 10.3 Å². The molecule has 1 saturated carbocycles. The van der Waals surface area contributed by atoms with Crippen molar-refractivity contribution >= 4 is 5.82 Å². The third-order valence-electron chi connectivity index (χ3n) is 3.38. The molecule has 19 heavy (non-hydrogen) atoms. The molecule has 2 aromatic rings. The predicted octanol–water partition coefficient (Wildman–Crippen LogP) is 2.56. The van der Waals surface area contributed by atoms with Gasteiger partial charge in [0.1, 0.15) is 11.6 Å². The number of hydrogen-bond acceptors (Lipinski definition) is 4. The first kappa shape index (κ1) is 12.2. The quantitative estimate of drug-likeness (QED) is 0.863. The normalized spacial score (nSPS) is 14.6. The second kappa shape index (κ2) is 5.45. The Morgan fingerprint density at radius 2 is 2.26 bits per heavy atom. The molecule has 100 valence electrons. The molecule has 1 aliphatic carbocycles. The Balaban J connectivity index is 1.76. The van der Waals surface area contributed by atoms with Crippen molar-refractivity contribution in [2.75, 3.05) is 11.9 Å². The second-order valence-corrected chi connectivity index (χ2v) is 4.99. The van der Waals surface area contributed by atoms with E-state index in [1.54, 1.807) is 6.26 Å². The molecule has 1 N–H and O–H groups in total. The van der Waals surface area contributed by atoms with E-state index in [0.29, 0.717) is 6.04 Å². The molecule has 0 aromatic carbocycles. The molecule has 0 spiro atoms. The van der Waals surface area contributed by atoms with Gasteiger partial charge < -0.3 is 14.6 Å². The van der Waals surface area contributed by atoms with Gasteiger partial charge in [0, 0.05) is 18.8 Å². The molecule has 0 aliphatic heterocycles. The molecule has 4 nitrogen and oxygen atoms in total. The first-order valence-corrected chi connectivity index (χ1v) is 6.75. The number of nitrogens with one attached hydrogen (secondary N) is 1. The summed E-state index contributed by atoms with van der Waals surface area (Å²) in [7, 11) is 1.95. The standard InChI is InChI=1S/C15H19N3O/c1-16-9-12-4-7-15(17-10-12)18(13-5-6-13)11-14-3-2-8-19-14/h2-4,7-8,10,13,16H,5-6,9,11H2,1H3. The van der Waals surface area contributed by atoms with Crippen LogP contribution >= 0.6 is 0 Å². The van der Waals surface area contributed by atoms with Crippen LogP contribution in [-0.4, -0.2) is 18.1 Å². The lowest BCUT2D eigenvalue weighted by molar-refractivity contribution is 0.500. The van der Waals surface area contributed by atoms with Crippen LogP contribution < -0.4 is 10.2 Å². The third-order valence-corrected chi connectivity index (χ3v) is 3.38. The fourth-order valence-electron chi connectivity index (χ4n) is 2.25. The van der Waals surface area contributed by atoms with Gasteiger partial charge in [0.25, 0.3) is 0 Å². The van der Waals surface area contributed by atoms with E-state index in [9.17, 15) is 0 Å². The van der Waals surface area contributed by atoms with Crippen LogP contribution in [0.1, 0.15) is 24.2 Å². The van der Waals surface area contributed by atoms with Crippen LogP contribution in [0.15, 0.2) is 41.1 Å². The van der Waals surface area contributed by atoms with E-state index in [1.165, 1.54) is 18.4 Å². The van der Waals surface area contributed by atoms with Crippen molar-refractivity contribution in [2.45, 2.75) is 32.0 Å². The van der Waals surface area contributed by atoms with Crippen molar-refractivity contribution in [3.63, 3.8) is 0 Å². The maximum Gasteiger partial charge on any atom is 0.129 e. The topological polar surface area (TPSA) is 41.3 Å². The molecule has 0 amide bonds. The van der Waals surface area contributed by atoms with E-state index >= 15 is 0 Å². The first-order valence-electron chi connectivity index (χ1n) is 6.75. The van der Waals surface area contributed by atoms with Gasteiger partial charge in [0.2, 0.25) is 0 Å². The van der Waals surface area contributed by atoms with Gasteiger partial charge >= 0.3 is 0 Å². The zero-order valence-electron chi connectivity index (χ0n) is 11.2. The molecule has 0 bridgehead atoms. The van der Waals surface area contributed by atoms with Crippen LogP contribution in [0.3, 0.4) is 0 Å². The van der Waals surface area contributed by atoms with E-state index in [4.69, 9.17) is 4.42 Å². The fourth-order valence-corrected chi connectivity index (χ4v) is 2.25. The largest absolute Gasteiger partial charge is 0.467 e. The van der Waals surface area contributed by atoms with Crippen molar-refractivity contribution < 1.29 is 4.42 Å². The number of nitrogens with zero attached hydrogens (tertiary/aromatic N) is 2. The summed E-state index contributed by atoms with van der Waals surface area (Å²) in [5.74, 6) is 2.03. The fraction of sp³-hybridized carbons (Fsp3) is 0.400. The Morgan fingerprint density at radius 3 is 2.84 bits per heavy atom. The summed E-state index contributed by atoms with van der Waals surface area (Å²) in [6, 6.07) is 8.81. The van der Waals surface area contributed by atoms with Gasteiger partial charge in [-0.2, -0.15) is 0 Å². The van der Waals surface area contributed by atoms with Crippen LogP contribution in [0.5, 0.6) is 0 Å². The van der Waals surface area contributed by atoms with E-state index in [2.05, 4.69) is 27.3 Å². The minimum absolute atomic E-state index is 0.618. The third kappa shape index (κ3) is 2.96. The average molecular weight is 257 g/mol. The summed E-state index contributed by atoms with van der Waals surface area (Å²) in [5, 5.41) is 3.14. The van der Waals surface area contributed by atoms with Crippen molar-refractivity contribution in [3.8, 4) is 0 Å². The van der Waals surface area contributed by atoms with Gasteiger partial charge in [-0.05, 0) is 43.7 Å². The van der Waals surface area contributed by atoms with E-state index in [0.717, 1.165) is 24.7 Å². The Kier molecular flexibility index (Phi) is 3.51. The maximum absolute atomic E-state index is 5.45. The number of aromatic nitrogens is 1. The molecule has 2 heterocycles. The molecule has 1 aliphatic rings. The molecular formula is C15H19N3O. The summed E-state index contributed by atoms with van der Waals surface area (Å²) in [5.41, 5.74) is 1.21. The van der Waals surface area contributed by atoms with Crippen LogP contribution in [0.25, 0.3) is 0 Å². The summed E-state index contributed by atoms with van der Waals surface area (Å²) >= 11 is 0. The molecule has 0 saturated heterocycles. The van der Waals surface area contributed by atoms with Gasteiger partial charge in [-0.25, -0.2) is 4.98 Å². The summed E-state index contributed by atoms with van der Waals surface area (Å²) < 4.78 is 5.45. The van der Waals surface area contributed by atoms with E-state index in [-0.39, 0.29) is 0 Å². The van der Waals surface area contributed by atoms with Crippen molar-refractivity contribution in [2.24, 2.45) is 0 Å². The lowest BCUT2D eigenvalue weighted by atomic mass is 10.2. The van der Waals surface area contributed by atoms with E-state index < -0.39 is 0 Å². The molecule has 1 fully saturated rings. The van der Waals surface area contributed by atoms with Gasteiger partial charge in [0.05, 0.1) is 12.8 Å². The SMILES string of the molecule is CNCc1ccc(N(Cc2ccco2)C2CC2)nc1. The summed E-state index contributed by atoms with van der Waals surface area (Å²) in [4.78, 5) is 6.92. The molecule has 4 heteroatoms. The van der Waals surface area contributed by atoms with E-state index in [1.807, 2.05) is 25.4 Å². The lowest BCUT2D eigenvalue weighted by Crippen LogP contribution is -2.25. The van der Waals surface area contributed by atoms with Gasteiger partial charge in [-0.3, -0.25) is 0 Å². The van der Waals surface area contributed by atoms with Crippen LogP contribution in [0.4, 0.5) is 5.82 Å². The molecule has 0 unspecified atom stereocenters. The maximum atomic E-state index is 5.45. The Labute approximate surface area is 113 Å². The highest BCUT2D eigenvalue weighted by molar-refractivity contribution is 5.42. The highest BCUT2D eigenvalue weighted by Gasteiger charge is 2.30. The van der Waals surface area contributed by atoms with Gasteiger partial charge in [-0.15, -0.1) is 0 Å². The number of anilines is 1. The zero-order valence-corrected chi connectivity index (χ0v) is 11.2. The Bertz CT molecular complexity index is 503. The Hall–Kier alpha value is -1.81.